The van der Waals surface area contributed by atoms with Gasteiger partial charge in [0.1, 0.15) is 5.69 Å². The van der Waals surface area contributed by atoms with E-state index in [2.05, 4.69) is 49.0 Å². The Morgan fingerprint density at radius 1 is 1.15 bits per heavy atom. The standard InChI is InChI=1S/C20H25N5OS/c1-13(2)25-16(12-15(4)22-25)19(26)23-8-10-24(11-9-23)20-21-18-14(3)6-5-7-17(18)27-20/h5-7,12-13H,8-11H2,1-4H3. The van der Waals surface area contributed by atoms with E-state index in [0.717, 1.165) is 29.4 Å². The molecule has 1 fully saturated rings. The Kier molecular flexibility index (Phi) is 4.63. The second-order valence-electron chi connectivity index (χ2n) is 7.41. The molecule has 7 heteroatoms. The molecule has 1 aromatic carbocycles. The largest absolute Gasteiger partial charge is 0.345 e. The van der Waals surface area contributed by atoms with Gasteiger partial charge in [-0.05, 0) is 45.4 Å². The molecule has 1 saturated heterocycles. The van der Waals surface area contributed by atoms with Gasteiger partial charge in [-0.2, -0.15) is 5.10 Å². The number of hydrogen-bond acceptors (Lipinski definition) is 5. The summed E-state index contributed by atoms with van der Waals surface area (Å²) in [5, 5.41) is 5.52. The van der Waals surface area contributed by atoms with Crippen LogP contribution in [0.1, 0.15) is 41.6 Å². The Morgan fingerprint density at radius 3 is 2.56 bits per heavy atom. The topological polar surface area (TPSA) is 54.3 Å². The quantitative estimate of drug-likeness (QED) is 0.693. The van der Waals surface area contributed by atoms with E-state index in [1.54, 1.807) is 11.3 Å². The van der Waals surface area contributed by atoms with Gasteiger partial charge in [-0.1, -0.05) is 23.5 Å². The number of thiazole rings is 1. The molecule has 3 aromatic rings. The Balaban J connectivity index is 1.48. The highest BCUT2D eigenvalue weighted by Crippen LogP contribution is 2.31. The van der Waals surface area contributed by atoms with Gasteiger partial charge in [0.2, 0.25) is 0 Å². The molecular formula is C20H25N5OS. The number of para-hydroxylation sites is 1. The lowest BCUT2D eigenvalue weighted by Crippen LogP contribution is -2.49. The van der Waals surface area contributed by atoms with Gasteiger partial charge >= 0.3 is 0 Å². The molecule has 0 bridgehead atoms. The van der Waals surface area contributed by atoms with Crippen molar-refractivity contribution in [1.82, 2.24) is 19.7 Å². The van der Waals surface area contributed by atoms with Gasteiger partial charge in [0.15, 0.2) is 5.13 Å². The fourth-order valence-corrected chi connectivity index (χ4v) is 4.64. The van der Waals surface area contributed by atoms with E-state index in [-0.39, 0.29) is 11.9 Å². The van der Waals surface area contributed by atoms with Crippen LogP contribution in [-0.2, 0) is 0 Å². The first-order valence-corrected chi connectivity index (χ1v) is 10.2. The van der Waals surface area contributed by atoms with Gasteiger partial charge in [-0.25, -0.2) is 4.98 Å². The number of fused-ring (bicyclic) bond motifs is 1. The van der Waals surface area contributed by atoms with Crippen LogP contribution in [0.4, 0.5) is 5.13 Å². The summed E-state index contributed by atoms with van der Waals surface area (Å²) in [6.07, 6.45) is 0. The maximum absolute atomic E-state index is 13.0. The molecule has 0 atom stereocenters. The van der Waals surface area contributed by atoms with E-state index in [4.69, 9.17) is 4.98 Å². The zero-order chi connectivity index (χ0) is 19.1. The summed E-state index contributed by atoms with van der Waals surface area (Å²) < 4.78 is 3.06. The number of piperazine rings is 1. The minimum absolute atomic E-state index is 0.0732. The van der Waals surface area contributed by atoms with Crippen molar-refractivity contribution in [2.24, 2.45) is 0 Å². The Labute approximate surface area is 163 Å². The predicted molar refractivity (Wildman–Crippen MR) is 110 cm³/mol. The zero-order valence-electron chi connectivity index (χ0n) is 16.3. The van der Waals surface area contributed by atoms with Crippen LogP contribution in [0.25, 0.3) is 10.2 Å². The van der Waals surface area contributed by atoms with Crippen LogP contribution in [0.5, 0.6) is 0 Å². The maximum atomic E-state index is 13.0. The summed E-state index contributed by atoms with van der Waals surface area (Å²) in [4.78, 5) is 22.1. The highest BCUT2D eigenvalue weighted by molar-refractivity contribution is 7.22. The molecule has 6 nitrogen and oxygen atoms in total. The number of benzene rings is 1. The highest BCUT2D eigenvalue weighted by Gasteiger charge is 2.27. The third-order valence-corrected chi connectivity index (χ3v) is 6.09. The molecule has 0 saturated carbocycles. The monoisotopic (exact) mass is 383 g/mol. The third-order valence-electron chi connectivity index (χ3n) is 5.01. The van der Waals surface area contributed by atoms with Gasteiger partial charge in [0, 0.05) is 32.2 Å². The summed E-state index contributed by atoms with van der Waals surface area (Å²) in [6.45, 7) is 11.2. The number of carbonyl (C=O) groups excluding carboxylic acids is 1. The van der Waals surface area contributed by atoms with Crippen molar-refractivity contribution in [2.75, 3.05) is 31.1 Å². The highest BCUT2D eigenvalue weighted by atomic mass is 32.1. The Bertz CT molecular complexity index is 982. The van der Waals surface area contributed by atoms with Crippen LogP contribution < -0.4 is 4.90 Å². The van der Waals surface area contributed by atoms with Crippen LogP contribution in [0.15, 0.2) is 24.3 Å². The van der Waals surface area contributed by atoms with Gasteiger partial charge in [0.05, 0.1) is 15.9 Å². The number of aromatic nitrogens is 3. The van der Waals surface area contributed by atoms with E-state index >= 15 is 0 Å². The van der Waals surface area contributed by atoms with Crippen molar-refractivity contribution in [3.8, 4) is 0 Å². The molecule has 0 unspecified atom stereocenters. The smallest absolute Gasteiger partial charge is 0.272 e. The van der Waals surface area contributed by atoms with E-state index in [1.807, 2.05) is 22.6 Å². The number of carbonyl (C=O) groups is 1. The Morgan fingerprint density at radius 2 is 1.89 bits per heavy atom. The van der Waals surface area contributed by atoms with E-state index in [0.29, 0.717) is 18.8 Å². The molecular weight excluding hydrogens is 358 g/mol. The van der Waals surface area contributed by atoms with Crippen LogP contribution in [-0.4, -0.2) is 51.8 Å². The zero-order valence-corrected chi connectivity index (χ0v) is 17.1. The molecule has 2 aromatic heterocycles. The van der Waals surface area contributed by atoms with Crippen molar-refractivity contribution in [1.29, 1.82) is 0 Å². The molecule has 0 N–H and O–H groups in total. The van der Waals surface area contributed by atoms with Gasteiger partial charge in [-0.15, -0.1) is 0 Å². The fourth-order valence-electron chi connectivity index (χ4n) is 3.54. The lowest BCUT2D eigenvalue weighted by Gasteiger charge is -2.34. The molecule has 4 rings (SSSR count). The minimum atomic E-state index is 0.0732. The van der Waals surface area contributed by atoms with Crippen LogP contribution in [0.2, 0.25) is 0 Å². The van der Waals surface area contributed by atoms with Crippen molar-refractivity contribution in [2.45, 2.75) is 33.7 Å². The summed E-state index contributed by atoms with van der Waals surface area (Å²) in [5.41, 5.74) is 3.87. The first kappa shape index (κ1) is 18.0. The first-order valence-electron chi connectivity index (χ1n) is 9.40. The molecule has 1 amide bonds. The van der Waals surface area contributed by atoms with Gasteiger partial charge in [-0.3, -0.25) is 9.48 Å². The molecule has 0 radical (unpaired) electrons. The van der Waals surface area contributed by atoms with E-state index in [1.165, 1.54) is 10.3 Å². The lowest BCUT2D eigenvalue weighted by molar-refractivity contribution is 0.0732. The van der Waals surface area contributed by atoms with Crippen LogP contribution >= 0.6 is 11.3 Å². The number of aryl methyl sites for hydroxylation is 2. The number of anilines is 1. The minimum Gasteiger partial charge on any atom is -0.345 e. The number of hydrogen-bond donors (Lipinski definition) is 0. The average molecular weight is 384 g/mol. The van der Waals surface area contributed by atoms with Crippen molar-refractivity contribution in [3.05, 3.63) is 41.2 Å². The van der Waals surface area contributed by atoms with E-state index in [9.17, 15) is 4.79 Å². The van der Waals surface area contributed by atoms with Crippen molar-refractivity contribution < 1.29 is 4.79 Å². The number of nitrogens with zero attached hydrogens (tertiary/aromatic N) is 5. The first-order chi connectivity index (χ1) is 12.9. The molecule has 0 aliphatic carbocycles. The Hall–Kier alpha value is -2.41. The van der Waals surface area contributed by atoms with Gasteiger partial charge in [0.25, 0.3) is 5.91 Å². The predicted octanol–water partition coefficient (Wildman–Crippen LogP) is 3.65. The normalized spacial score (nSPS) is 15.1. The fraction of sp³-hybridized carbons (Fsp3) is 0.450. The number of rotatable bonds is 3. The van der Waals surface area contributed by atoms with Crippen LogP contribution in [0, 0.1) is 13.8 Å². The maximum Gasteiger partial charge on any atom is 0.272 e. The molecule has 1 aliphatic heterocycles. The summed E-state index contributed by atoms with van der Waals surface area (Å²) >= 11 is 1.73. The van der Waals surface area contributed by atoms with E-state index < -0.39 is 0 Å². The summed E-state index contributed by atoms with van der Waals surface area (Å²) in [5.74, 6) is 0.0732. The molecule has 27 heavy (non-hydrogen) atoms. The summed E-state index contributed by atoms with van der Waals surface area (Å²) in [7, 11) is 0. The molecule has 1 aliphatic rings. The molecule has 142 valence electrons. The number of amides is 1. The SMILES string of the molecule is Cc1cc(C(=O)N2CCN(c3nc4c(C)cccc4s3)CC2)n(C(C)C)n1. The lowest BCUT2D eigenvalue weighted by atomic mass is 10.2. The second-order valence-corrected chi connectivity index (χ2v) is 8.42. The van der Waals surface area contributed by atoms with Crippen molar-refractivity contribution in [3.63, 3.8) is 0 Å². The van der Waals surface area contributed by atoms with Gasteiger partial charge < -0.3 is 9.80 Å². The second kappa shape index (κ2) is 6.96. The summed E-state index contributed by atoms with van der Waals surface area (Å²) in [6, 6.07) is 8.37. The van der Waals surface area contributed by atoms with Crippen LogP contribution in [0.3, 0.4) is 0 Å². The molecule has 0 spiro atoms. The molecule has 3 heterocycles. The average Bonchev–Trinajstić information content (AvgIpc) is 3.26. The van der Waals surface area contributed by atoms with Crippen molar-refractivity contribution >= 4 is 32.6 Å². The third kappa shape index (κ3) is 3.32.